The Hall–Kier alpha value is -3.76. The molecule has 1 aromatic carbocycles. The van der Waals surface area contributed by atoms with Gasteiger partial charge in [-0.05, 0) is 53.9 Å². The van der Waals surface area contributed by atoms with Crippen molar-refractivity contribution in [1.82, 2.24) is 25.8 Å². The third kappa shape index (κ3) is 7.61. The van der Waals surface area contributed by atoms with E-state index in [9.17, 15) is 28.8 Å². The van der Waals surface area contributed by atoms with Crippen LogP contribution in [0.15, 0.2) is 30.3 Å². The van der Waals surface area contributed by atoms with Gasteiger partial charge in [-0.15, -0.1) is 0 Å². The van der Waals surface area contributed by atoms with Gasteiger partial charge in [0.15, 0.2) is 0 Å². The fraction of sp³-hybridized carbons (Fsp3) is 0.657. The molecule has 3 unspecified atom stereocenters. The SMILES string of the molecule is CN(C)C(=O)[C@@H](NC(=O)CNC(=O)C(=O)C(CC1CC1)NC(=O)[C@@H]1C2C(CN1C(=O)CC1CCCCC1)C2(C)C)c1ccccc1. The minimum Gasteiger partial charge on any atom is -0.347 e. The van der Waals surface area contributed by atoms with E-state index in [4.69, 9.17) is 0 Å². The molecule has 1 saturated heterocycles. The molecule has 0 radical (unpaired) electrons. The predicted octanol–water partition coefficient (Wildman–Crippen LogP) is 2.36. The predicted molar refractivity (Wildman–Crippen MR) is 171 cm³/mol. The van der Waals surface area contributed by atoms with Gasteiger partial charge in [0.05, 0.1) is 12.6 Å². The number of hydrogen-bond donors (Lipinski definition) is 3. The van der Waals surface area contributed by atoms with Crippen LogP contribution in [-0.4, -0.2) is 84.4 Å². The maximum atomic E-state index is 13.9. The topological polar surface area (TPSA) is 145 Å². The lowest BCUT2D eigenvalue weighted by molar-refractivity contribution is -0.144. The number of amides is 5. The first-order chi connectivity index (χ1) is 21.9. The minimum absolute atomic E-state index is 0.00503. The van der Waals surface area contributed by atoms with Crippen LogP contribution in [0.2, 0.25) is 0 Å². The second kappa shape index (κ2) is 13.9. The van der Waals surface area contributed by atoms with Crippen LogP contribution < -0.4 is 16.0 Å². The molecule has 46 heavy (non-hydrogen) atoms. The highest BCUT2D eigenvalue weighted by Gasteiger charge is 2.69. The van der Waals surface area contributed by atoms with Crippen LogP contribution in [0, 0.1) is 29.1 Å². The number of hydrogen-bond acceptors (Lipinski definition) is 6. The van der Waals surface area contributed by atoms with Crippen LogP contribution in [0.25, 0.3) is 0 Å². The van der Waals surface area contributed by atoms with Crippen molar-refractivity contribution in [2.45, 2.75) is 89.8 Å². The number of carbonyl (C=O) groups excluding carboxylic acids is 6. The van der Waals surface area contributed by atoms with E-state index in [-0.39, 0.29) is 40.9 Å². The van der Waals surface area contributed by atoms with Crippen LogP contribution in [-0.2, 0) is 28.8 Å². The molecule has 5 rings (SSSR count). The highest BCUT2D eigenvalue weighted by molar-refractivity contribution is 6.38. The van der Waals surface area contributed by atoms with Gasteiger partial charge in [-0.2, -0.15) is 0 Å². The molecule has 4 fully saturated rings. The number of rotatable bonds is 13. The van der Waals surface area contributed by atoms with E-state index in [1.54, 1.807) is 49.3 Å². The molecule has 1 aromatic rings. The zero-order valence-electron chi connectivity index (χ0n) is 27.6. The maximum absolute atomic E-state index is 13.9. The molecular formula is C35H49N5O6. The minimum atomic E-state index is -1.05. The summed E-state index contributed by atoms with van der Waals surface area (Å²) in [7, 11) is 3.17. The highest BCUT2D eigenvalue weighted by atomic mass is 16.2. The standard InChI is InChI=1S/C35H49N5O6/c1-35(2)24-20-40(27(42)18-21-11-7-5-8-12-21)30(28(24)35)32(44)37-25(17-22-15-16-22)31(43)33(45)36-19-26(41)38-29(34(46)39(3)4)23-13-9-6-10-14-23/h6,9-10,13-14,21-22,24-25,28-30H,5,7-8,11-12,15-20H2,1-4H3,(H,36,45)(H,37,44)(H,38,41)/t24?,25?,28?,29-,30-/m0/s1. The molecule has 3 N–H and O–H groups in total. The number of ketones is 1. The van der Waals surface area contributed by atoms with E-state index in [2.05, 4.69) is 29.8 Å². The molecule has 1 aliphatic heterocycles. The maximum Gasteiger partial charge on any atom is 0.290 e. The van der Waals surface area contributed by atoms with Crippen molar-refractivity contribution >= 4 is 35.3 Å². The zero-order valence-corrected chi connectivity index (χ0v) is 27.6. The molecule has 250 valence electrons. The van der Waals surface area contributed by atoms with Gasteiger partial charge in [-0.3, -0.25) is 28.8 Å². The number of likely N-dealkylation sites (N-methyl/N-ethyl adjacent to an activating group) is 1. The average molecular weight is 636 g/mol. The first-order valence-corrected chi connectivity index (χ1v) is 16.9. The van der Waals surface area contributed by atoms with Gasteiger partial charge in [-0.25, -0.2) is 0 Å². The number of benzene rings is 1. The number of likely N-dealkylation sites (tertiary alicyclic amines) is 1. The molecule has 5 amide bonds. The van der Waals surface area contributed by atoms with Crippen molar-refractivity contribution in [3.05, 3.63) is 35.9 Å². The molecule has 11 nitrogen and oxygen atoms in total. The van der Waals surface area contributed by atoms with Gasteiger partial charge in [0.2, 0.25) is 29.4 Å². The van der Waals surface area contributed by atoms with Crippen molar-refractivity contribution in [2.24, 2.45) is 29.1 Å². The molecule has 1 heterocycles. The van der Waals surface area contributed by atoms with Gasteiger partial charge >= 0.3 is 0 Å². The van der Waals surface area contributed by atoms with Crippen molar-refractivity contribution < 1.29 is 28.8 Å². The van der Waals surface area contributed by atoms with E-state index < -0.39 is 42.3 Å². The van der Waals surface area contributed by atoms with Crippen molar-refractivity contribution in [1.29, 1.82) is 0 Å². The molecule has 0 aromatic heterocycles. The van der Waals surface area contributed by atoms with Crippen LogP contribution in [0.4, 0.5) is 0 Å². The van der Waals surface area contributed by atoms with Gasteiger partial charge < -0.3 is 25.8 Å². The Balaban J connectivity index is 1.21. The number of Topliss-reactive ketones (excluding diaryl/α,β-unsaturated/α-hetero) is 1. The van der Waals surface area contributed by atoms with E-state index in [1.807, 2.05) is 0 Å². The monoisotopic (exact) mass is 635 g/mol. The Bertz CT molecular complexity index is 1340. The second-order valence-electron chi connectivity index (χ2n) is 14.6. The summed E-state index contributed by atoms with van der Waals surface area (Å²) in [6.45, 7) is 4.26. The first kappa shape index (κ1) is 33.6. The lowest BCUT2D eigenvalue weighted by Crippen LogP contribution is -2.55. The Kier molecular flexibility index (Phi) is 10.2. The lowest BCUT2D eigenvalue weighted by Gasteiger charge is -2.32. The quantitative estimate of drug-likeness (QED) is 0.284. The normalized spacial score (nSPS) is 24.6. The van der Waals surface area contributed by atoms with Gasteiger partial charge in [0, 0.05) is 27.1 Å². The number of fused-ring (bicyclic) bond motifs is 1. The average Bonchev–Trinajstić information content (AvgIpc) is 3.89. The van der Waals surface area contributed by atoms with E-state index in [0.717, 1.165) is 38.5 Å². The third-order valence-corrected chi connectivity index (χ3v) is 10.6. The van der Waals surface area contributed by atoms with Crippen LogP contribution in [0.5, 0.6) is 0 Å². The van der Waals surface area contributed by atoms with E-state index in [0.29, 0.717) is 30.9 Å². The fourth-order valence-corrected chi connectivity index (χ4v) is 7.58. The van der Waals surface area contributed by atoms with E-state index >= 15 is 0 Å². The third-order valence-electron chi connectivity index (χ3n) is 10.6. The Morgan fingerprint density at radius 1 is 0.913 bits per heavy atom. The molecule has 3 saturated carbocycles. The Morgan fingerprint density at radius 3 is 2.22 bits per heavy atom. The molecule has 3 aliphatic carbocycles. The van der Waals surface area contributed by atoms with Gasteiger partial charge in [-0.1, -0.05) is 76.3 Å². The summed E-state index contributed by atoms with van der Waals surface area (Å²) < 4.78 is 0. The lowest BCUT2D eigenvalue weighted by atomic mass is 9.86. The van der Waals surface area contributed by atoms with Crippen LogP contribution in [0.3, 0.4) is 0 Å². The summed E-state index contributed by atoms with van der Waals surface area (Å²) in [5.74, 6) is -2.31. The summed E-state index contributed by atoms with van der Waals surface area (Å²) in [6, 6.07) is 6.09. The summed E-state index contributed by atoms with van der Waals surface area (Å²) in [6.07, 6.45) is 8.17. The smallest absolute Gasteiger partial charge is 0.290 e. The Labute approximate surface area is 271 Å². The van der Waals surface area contributed by atoms with Crippen LogP contribution in [0.1, 0.15) is 83.2 Å². The zero-order chi connectivity index (χ0) is 33.2. The number of piperidine rings is 1. The van der Waals surface area contributed by atoms with Crippen LogP contribution >= 0.6 is 0 Å². The van der Waals surface area contributed by atoms with Gasteiger partial charge in [0.25, 0.3) is 5.91 Å². The summed E-state index contributed by atoms with van der Waals surface area (Å²) in [5.41, 5.74) is 0.513. The first-order valence-electron chi connectivity index (χ1n) is 16.9. The van der Waals surface area contributed by atoms with Gasteiger partial charge in [0.1, 0.15) is 12.1 Å². The van der Waals surface area contributed by atoms with Crippen molar-refractivity contribution in [2.75, 3.05) is 27.2 Å². The second-order valence-corrected chi connectivity index (χ2v) is 14.6. The summed E-state index contributed by atoms with van der Waals surface area (Å²) in [4.78, 5) is 82.5. The molecular weight excluding hydrogens is 586 g/mol. The number of carbonyl (C=O) groups is 6. The van der Waals surface area contributed by atoms with E-state index in [1.165, 1.54) is 11.3 Å². The summed E-state index contributed by atoms with van der Waals surface area (Å²) in [5, 5.41) is 7.90. The number of nitrogens with zero attached hydrogens (tertiary/aromatic N) is 2. The molecule has 0 spiro atoms. The fourth-order valence-electron chi connectivity index (χ4n) is 7.58. The molecule has 0 bridgehead atoms. The molecule has 5 atom stereocenters. The largest absolute Gasteiger partial charge is 0.347 e. The molecule has 11 heteroatoms. The van der Waals surface area contributed by atoms with Crippen molar-refractivity contribution in [3.63, 3.8) is 0 Å². The van der Waals surface area contributed by atoms with Crippen molar-refractivity contribution in [3.8, 4) is 0 Å². The highest BCUT2D eigenvalue weighted by Crippen LogP contribution is 2.65. The molecule has 4 aliphatic rings. The Morgan fingerprint density at radius 2 is 1.59 bits per heavy atom. The number of nitrogens with one attached hydrogen (secondary N) is 3. The summed E-state index contributed by atoms with van der Waals surface area (Å²) >= 11 is 0.